The minimum absolute atomic E-state index is 0.0615. The van der Waals surface area contributed by atoms with E-state index in [4.69, 9.17) is 9.47 Å². The Labute approximate surface area is 186 Å². The van der Waals surface area contributed by atoms with Gasteiger partial charge in [0, 0.05) is 31.8 Å². The summed E-state index contributed by atoms with van der Waals surface area (Å²) in [6, 6.07) is 10.4. The first-order valence-electron chi connectivity index (χ1n) is 10.8. The fourth-order valence-electron chi connectivity index (χ4n) is 3.23. The van der Waals surface area contributed by atoms with Crippen molar-refractivity contribution in [3.05, 3.63) is 52.8 Å². The molecule has 0 bridgehead atoms. The van der Waals surface area contributed by atoms with E-state index in [9.17, 15) is 4.79 Å². The summed E-state index contributed by atoms with van der Waals surface area (Å²) in [6.45, 7) is 13.0. The molecule has 2 rings (SSSR count). The van der Waals surface area contributed by atoms with E-state index in [1.165, 1.54) is 5.56 Å². The first-order valence-corrected chi connectivity index (χ1v) is 10.8. The van der Waals surface area contributed by atoms with Crippen LogP contribution in [0.4, 0.5) is 0 Å². The quantitative estimate of drug-likeness (QED) is 0.234. The first kappa shape index (κ1) is 24.4. The minimum Gasteiger partial charge on any atom is -0.454 e. The van der Waals surface area contributed by atoms with Crippen LogP contribution < -0.4 is 0 Å². The Balaban J connectivity index is 2.55. The molecule has 0 aliphatic rings. The van der Waals surface area contributed by atoms with Crippen molar-refractivity contribution in [3.8, 4) is 0 Å². The van der Waals surface area contributed by atoms with Gasteiger partial charge < -0.3 is 9.47 Å². The Hall–Kier alpha value is -2.89. The van der Waals surface area contributed by atoms with Crippen LogP contribution in [0.2, 0.25) is 0 Å². The van der Waals surface area contributed by atoms with Crippen LogP contribution in [0.1, 0.15) is 70.0 Å². The molecule has 0 aliphatic carbocycles. The summed E-state index contributed by atoms with van der Waals surface area (Å²) >= 11 is 0. The normalized spacial score (nSPS) is 12.7. The van der Waals surface area contributed by atoms with Gasteiger partial charge in [-0.25, -0.2) is 0 Å². The highest BCUT2D eigenvalue weighted by Crippen LogP contribution is 2.29. The van der Waals surface area contributed by atoms with E-state index in [2.05, 4.69) is 55.1 Å². The molecule has 0 amide bonds. The molecule has 0 radical (unpaired) electrons. The molecule has 0 saturated heterocycles. The van der Waals surface area contributed by atoms with Gasteiger partial charge in [-0.05, 0) is 42.9 Å². The number of nitrogens with zero attached hydrogens (tertiary/aromatic N) is 3. The first-order chi connectivity index (χ1) is 14.7. The molecule has 0 fully saturated rings. The number of benzene rings is 1. The second-order valence-corrected chi connectivity index (χ2v) is 8.47. The number of esters is 1. The third-order valence-corrected chi connectivity index (χ3v) is 4.88. The number of aliphatic imine (C=N–C) groups is 1. The zero-order chi connectivity index (χ0) is 23.0. The molecule has 1 heterocycles. The number of hydrogen-bond acceptors (Lipinski definition) is 5. The summed E-state index contributed by atoms with van der Waals surface area (Å²) in [5.41, 5.74) is 4.79. The van der Waals surface area contributed by atoms with Gasteiger partial charge in [-0.1, -0.05) is 52.0 Å². The number of ether oxygens (including phenoxy) is 2. The lowest BCUT2D eigenvalue weighted by atomic mass is 9.86. The number of carbonyl (C=O) groups excluding carboxylic acids is 1. The summed E-state index contributed by atoms with van der Waals surface area (Å²) in [4.78, 5) is 16.1. The van der Waals surface area contributed by atoms with Crippen LogP contribution in [-0.4, -0.2) is 35.8 Å². The highest BCUT2D eigenvalue weighted by atomic mass is 16.7. The average Bonchev–Trinajstić information content (AvgIpc) is 3.10. The van der Waals surface area contributed by atoms with Crippen LogP contribution in [-0.2, 0) is 26.2 Å². The molecule has 0 aliphatic heterocycles. The lowest BCUT2D eigenvalue weighted by Crippen LogP contribution is -2.12. The van der Waals surface area contributed by atoms with Crippen LogP contribution in [0.3, 0.4) is 0 Å². The second-order valence-electron chi connectivity index (χ2n) is 8.47. The van der Waals surface area contributed by atoms with Crippen molar-refractivity contribution in [2.75, 3.05) is 13.8 Å². The summed E-state index contributed by atoms with van der Waals surface area (Å²) in [5, 5.41) is 4.56. The average molecular weight is 426 g/mol. The van der Waals surface area contributed by atoms with E-state index in [0.717, 1.165) is 28.9 Å². The minimum atomic E-state index is -0.276. The largest absolute Gasteiger partial charge is 0.454 e. The zero-order valence-electron chi connectivity index (χ0n) is 19.9. The van der Waals surface area contributed by atoms with E-state index in [1.807, 2.05) is 31.5 Å². The third kappa shape index (κ3) is 6.54. The molecule has 1 aromatic heterocycles. The van der Waals surface area contributed by atoms with Crippen LogP contribution in [0.15, 0.2) is 35.3 Å². The number of carbonyl (C=O) groups is 1. The summed E-state index contributed by atoms with van der Waals surface area (Å²) in [5.74, 6) is 0.308. The molecule has 0 spiro atoms. The van der Waals surface area contributed by atoms with E-state index in [-0.39, 0.29) is 18.2 Å². The Morgan fingerprint density at radius 3 is 2.39 bits per heavy atom. The van der Waals surface area contributed by atoms with E-state index < -0.39 is 0 Å². The lowest BCUT2D eigenvalue weighted by Gasteiger charge is -2.20. The van der Waals surface area contributed by atoms with Crippen LogP contribution in [0.5, 0.6) is 0 Å². The molecule has 0 N–H and O–H groups in total. The maximum Gasteiger partial charge on any atom is 0.308 e. The zero-order valence-corrected chi connectivity index (χ0v) is 19.9. The predicted octanol–water partition coefficient (Wildman–Crippen LogP) is 5.40. The van der Waals surface area contributed by atoms with Gasteiger partial charge in [0.15, 0.2) is 5.76 Å². The van der Waals surface area contributed by atoms with Crippen molar-refractivity contribution in [1.29, 1.82) is 0 Å². The smallest absolute Gasteiger partial charge is 0.308 e. The van der Waals surface area contributed by atoms with Gasteiger partial charge in [0.05, 0.1) is 5.69 Å². The number of aryl methyl sites for hydroxylation is 2. The number of allylic oxidation sites excluding steroid dienone is 1. The monoisotopic (exact) mass is 425 g/mol. The van der Waals surface area contributed by atoms with Crippen molar-refractivity contribution in [2.24, 2.45) is 4.99 Å². The molecule has 0 unspecified atom stereocenters. The Morgan fingerprint density at radius 1 is 1.16 bits per heavy atom. The molecule has 0 atom stereocenters. The van der Waals surface area contributed by atoms with Gasteiger partial charge in [0.1, 0.15) is 5.69 Å². The van der Waals surface area contributed by atoms with Gasteiger partial charge in [-0.2, -0.15) is 5.10 Å². The maximum atomic E-state index is 11.8. The van der Waals surface area contributed by atoms with Crippen molar-refractivity contribution < 1.29 is 14.3 Å². The summed E-state index contributed by atoms with van der Waals surface area (Å²) < 4.78 is 13.2. The van der Waals surface area contributed by atoms with Crippen molar-refractivity contribution in [3.63, 3.8) is 0 Å². The Bertz CT molecular complexity index is 932. The van der Waals surface area contributed by atoms with Gasteiger partial charge in [-0.15, -0.1) is 0 Å². The third-order valence-electron chi connectivity index (χ3n) is 4.88. The fraction of sp³-hybridized carbons (Fsp3) is 0.480. The number of rotatable bonds is 9. The van der Waals surface area contributed by atoms with Gasteiger partial charge in [0.25, 0.3) is 0 Å². The van der Waals surface area contributed by atoms with Crippen molar-refractivity contribution in [1.82, 2.24) is 9.78 Å². The Morgan fingerprint density at radius 2 is 1.84 bits per heavy atom. The van der Waals surface area contributed by atoms with Gasteiger partial charge in [-0.3, -0.25) is 14.5 Å². The molecule has 168 valence electrons. The van der Waals surface area contributed by atoms with Crippen molar-refractivity contribution in [2.45, 2.75) is 66.3 Å². The second kappa shape index (κ2) is 10.9. The molecule has 6 heteroatoms. The van der Waals surface area contributed by atoms with Gasteiger partial charge >= 0.3 is 5.97 Å². The fourth-order valence-corrected chi connectivity index (χ4v) is 3.23. The molecular weight excluding hydrogens is 390 g/mol. The topological polar surface area (TPSA) is 65.7 Å². The van der Waals surface area contributed by atoms with E-state index in [1.54, 1.807) is 13.3 Å². The maximum absolute atomic E-state index is 11.8. The van der Waals surface area contributed by atoms with Crippen LogP contribution in [0.25, 0.3) is 11.3 Å². The highest BCUT2D eigenvalue weighted by molar-refractivity contribution is 6.18. The molecule has 31 heavy (non-hydrogen) atoms. The number of aromatic nitrogens is 2. The predicted molar refractivity (Wildman–Crippen MR) is 126 cm³/mol. The molecule has 6 nitrogen and oxygen atoms in total. The van der Waals surface area contributed by atoms with E-state index >= 15 is 0 Å². The van der Waals surface area contributed by atoms with Crippen LogP contribution >= 0.6 is 0 Å². The SMILES string of the molecule is CCCC(=O)OCO/C(=C(/C=NC)c1ccc(C(C)(C)C)cc1)c1cc(C)nn1CC. The molecule has 0 saturated carbocycles. The summed E-state index contributed by atoms with van der Waals surface area (Å²) in [7, 11) is 1.73. The summed E-state index contributed by atoms with van der Waals surface area (Å²) in [6.07, 6.45) is 2.88. The van der Waals surface area contributed by atoms with Crippen molar-refractivity contribution >= 4 is 23.5 Å². The highest BCUT2D eigenvalue weighted by Gasteiger charge is 2.19. The molecular formula is C25H35N3O3. The molecule has 1 aromatic carbocycles. The molecule has 2 aromatic rings. The lowest BCUT2D eigenvalue weighted by molar-refractivity contribution is -0.151. The van der Waals surface area contributed by atoms with E-state index in [0.29, 0.717) is 18.7 Å². The standard InChI is InChI=1S/C25H35N3O3/c1-8-10-23(29)30-17-31-24(22-15-18(3)27-28(22)9-2)21(16-26-7)19-11-13-20(14-12-19)25(4,5)6/h11-16H,8-10,17H2,1-7H3/b24-21-,26-16?. The van der Waals surface area contributed by atoms with Gasteiger partial charge in [0.2, 0.25) is 6.79 Å². The van der Waals surface area contributed by atoms with Crippen LogP contribution in [0, 0.1) is 6.92 Å². The number of hydrogen-bond donors (Lipinski definition) is 0. The Kier molecular flexibility index (Phi) is 8.60.